The van der Waals surface area contributed by atoms with Crippen molar-refractivity contribution in [1.29, 1.82) is 0 Å². The second kappa shape index (κ2) is 8.06. The fourth-order valence-corrected chi connectivity index (χ4v) is 4.45. The predicted octanol–water partition coefficient (Wildman–Crippen LogP) is 4.62. The zero-order valence-electron chi connectivity index (χ0n) is 20.4. The van der Waals surface area contributed by atoms with Crippen molar-refractivity contribution in [3.05, 3.63) is 24.0 Å². The van der Waals surface area contributed by atoms with Crippen LogP contribution in [0.15, 0.2) is 18.2 Å². The number of imidazole rings is 1. The predicted molar refractivity (Wildman–Crippen MR) is 126 cm³/mol. The van der Waals surface area contributed by atoms with Crippen LogP contribution in [-0.4, -0.2) is 40.0 Å². The Labute approximate surface area is 191 Å². The molecule has 0 radical (unpaired) electrons. The van der Waals surface area contributed by atoms with Gasteiger partial charge in [0.25, 0.3) is 0 Å². The van der Waals surface area contributed by atoms with Crippen LogP contribution in [0.5, 0.6) is 0 Å². The Morgan fingerprint density at radius 3 is 2.41 bits per heavy atom. The molecule has 2 aromatic rings. The summed E-state index contributed by atoms with van der Waals surface area (Å²) in [6.45, 7) is 13.8. The Morgan fingerprint density at radius 2 is 1.81 bits per heavy atom. The summed E-state index contributed by atoms with van der Waals surface area (Å²) >= 11 is 0. The summed E-state index contributed by atoms with van der Waals surface area (Å²) in [5, 5.41) is 3.08. The molecule has 0 unspecified atom stereocenters. The van der Waals surface area contributed by atoms with Crippen molar-refractivity contribution in [3.8, 4) is 0 Å². The minimum atomic E-state index is -0.546. The van der Waals surface area contributed by atoms with Gasteiger partial charge in [-0.3, -0.25) is 0 Å². The third-order valence-electron chi connectivity index (χ3n) is 6.89. The first-order chi connectivity index (χ1) is 14.8. The number of nitrogens with one attached hydrogen (secondary N) is 2. The molecular weight excluding hydrogens is 405 g/mol. The molecule has 1 aliphatic heterocycles. The monoisotopic (exact) mass is 441 g/mol. The number of rotatable bonds is 4. The van der Waals surface area contributed by atoms with Gasteiger partial charge in [0.1, 0.15) is 11.4 Å². The van der Waals surface area contributed by atoms with Gasteiger partial charge in [-0.1, -0.05) is 18.9 Å². The van der Waals surface area contributed by atoms with Crippen LogP contribution in [-0.2, 0) is 14.0 Å². The lowest BCUT2D eigenvalue weighted by molar-refractivity contribution is 0.00578. The number of H-pyrrole nitrogens is 1. The summed E-state index contributed by atoms with van der Waals surface area (Å²) in [5.74, 6) is 1.11. The molecule has 1 saturated heterocycles. The number of amides is 1. The lowest BCUT2D eigenvalue weighted by Gasteiger charge is -2.32. The van der Waals surface area contributed by atoms with E-state index in [1.54, 1.807) is 0 Å². The molecule has 1 aliphatic carbocycles. The van der Waals surface area contributed by atoms with Gasteiger partial charge < -0.3 is 24.3 Å². The quantitative estimate of drug-likeness (QED) is 0.677. The fourth-order valence-electron chi connectivity index (χ4n) is 4.45. The average molecular weight is 441 g/mol. The van der Waals surface area contributed by atoms with E-state index >= 15 is 0 Å². The summed E-state index contributed by atoms with van der Waals surface area (Å²) in [7, 11) is -0.429. The van der Waals surface area contributed by atoms with E-state index in [2.05, 4.69) is 10.3 Å². The number of carbonyl (C=O) groups is 1. The van der Waals surface area contributed by atoms with Gasteiger partial charge in [0.05, 0.1) is 28.3 Å². The van der Waals surface area contributed by atoms with Crippen molar-refractivity contribution in [3.63, 3.8) is 0 Å². The van der Waals surface area contributed by atoms with Crippen LogP contribution < -0.4 is 10.8 Å². The highest BCUT2D eigenvalue weighted by molar-refractivity contribution is 6.62. The van der Waals surface area contributed by atoms with Gasteiger partial charge in [-0.05, 0) is 84.8 Å². The molecule has 8 heteroatoms. The van der Waals surface area contributed by atoms with Gasteiger partial charge >= 0.3 is 13.2 Å². The summed E-state index contributed by atoms with van der Waals surface area (Å²) in [5.41, 5.74) is 1.38. The highest BCUT2D eigenvalue weighted by atomic mass is 16.7. The van der Waals surface area contributed by atoms with Crippen molar-refractivity contribution >= 4 is 29.7 Å². The number of carbonyl (C=O) groups excluding carboxylic acids is 1. The topological polar surface area (TPSA) is 85.5 Å². The molecule has 174 valence electrons. The van der Waals surface area contributed by atoms with E-state index in [1.807, 2.05) is 66.7 Å². The van der Waals surface area contributed by atoms with E-state index in [4.69, 9.17) is 19.0 Å². The maximum Gasteiger partial charge on any atom is 0.494 e. The minimum Gasteiger partial charge on any atom is -0.444 e. The molecular formula is C24H36BN3O4. The second-order valence-electron chi connectivity index (χ2n) is 11.2. The zero-order chi connectivity index (χ0) is 23.3. The highest BCUT2D eigenvalue weighted by Gasteiger charge is 2.51. The number of hydrogen-bond acceptors (Lipinski definition) is 5. The average Bonchev–Trinajstić information content (AvgIpc) is 3.36. The zero-order valence-corrected chi connectivity index (χ0v) is 20.4. The van der Waals surface area contributed by atoms with Crippen molar-refractivity contribution < 1.29 is 18.8 Å². The van der Waals surface area contributed by atoms with Gasteiger partial charge in [0.2, 0.25) is 0 Å². The van der Waals surface area contributed by atoms with E-state index in [0.717, 1.165) is 35.2 Å². The van der Waals surface area contributed by atoms with E-state index in [0.29, 0.717) is 5.92 Å². The molecule has 1 atom stereocenters. The Kier molecular flexibility index (Phi) is 5.82. The van der Waals surface area contributed by atoms with Crippen LogP contribution >= 0.6 is 0 Å². The van der Waals surface area contributed by atoms with E-state index in [-0.39, 0.29) is 6.04 Å². The number of hydrogen-bond donors (Lipinski definition) is 2. The Morgan fingerprint density at radius 1 is 1.19 bits per heavy atom. The molecule has 2 fully saturated rings. The Bertz CT molecular complexity index is 973. The summed E-state index contributed by atoms with van der Waals surface area (Å²) < 4.78 is 17.9. The van der Waals surface area contributed by atoms with Gasteiger partial charge in [0, 0.05) is 0 Å². The number of alkyl carbamates (subject to hydrolysis) is 1. The number of benzene rings is 1. The first-order valence-corrected chi connectivity index (χ1v) is 11.7. The van der Waals surface area contributed by atoms with Gasteiger partial charge in [-0.15, -0.1) is 0 Å². The standard InChI is InChI=1S/C24H36BN3O4/c1-22(2,3)30-21(29)28-19(15-10-8-9-11-15)20-26-17-13-12-16(14-18(17)27-20)25-31-23(4,5)24(6,7)32-25/h12-15,19H,8-11H2,1-7H3,(H,26,27)(H,28,29)/t19-/m0/s1. The molecule has 1 saturated carbocycles. The number of aromatic nitrogens is 2. The van der Waals surface area contributed by atoms with Crippen molar-refractivity contribution in [2.45, 2.75) is 97.0 Å². The van der Waals surface area contributed by atoms with Crippen LogP contribution in [0.3, 0.4) is 0 Å². The third kappa shape index (κ3) is 4.67. The third-order valence-corrected chi connectivity index (χ3v) is 6.89. The molecule has 1 aromatic heterocycles. The lowest BCUT2D eigenvalue weighted by atomic mass is 9.79. The number of fused-ring (bicyclic) bond motifs is 1. The maximum absolute atomic E-state index is 12.6. The first kappa shape index (κ1) is 23.1. The van der Waals surface area contributed by atoms with Gasteiger partial charge in [-0.2, -0.15) is 0 Å². The molecule has 0 bridgehead atoms. The van der Waals surface area contributed by atoms with Crippen molar-refractivity contribution in [1.82, 2.24) is 15.3 Å². The van der Waals surface area contributed by atoms with Crippen LogP contribution in [0.25, 0.3) is 11.0 Å². The fraction of sp³-hybridized carbons (Fsp3) is 0.667. The lowest BCUT2D eigenvalue weighted by Crippen LogP contribution is -2.41. The Balaban J connectivity index is 1.60. The Hall–Kier alpha value is -2.06. The molecule has 0 spiro atoms. The van der Waals surface area contributed by atoms with E-state index in [1.165, 1.54) is 12.8 Å². The number of nitrogens with zero attached hydrogens (tertiary/aromatic N) is 1. The van der Waals surface area contributed by atoms with Crippen LogP contribution in [0.1, 0.15) is 86.0 Å². The molecule has 1 aromatic carbocycles. The molecule has 2 heterocycles. The van der Waals surface area contributed by atoms with Crippen molar-refractivity contribution in [2.24, 2.45) is 5.92 Å². The summed E-state index contributed by atoms with van der Waals surface area (Å²) in [4.78, 5) is 20.8. The van der Waals surface area contributed by atoms with Gasteiger partial charge in [-0.25, -0.2) is 9.78 Å². The molecule has 2 N–H and O–H groups in total. The summed E-state index contributed by atoms with van der Waals surface area (Å²) in [6.07, 6.45) is 4.06. The van der Waals surface area contributed by atoms with Crippen molar-refractivity contribution in [2.75, 3.05) is 0 Å². The van der Waals surface area contributed by atoms with Crippen LogP contribution in [0, 0.1) is 5.92 Å². The molecule has 1 amide bonds. The maximum atomic E-state index is 12.6. The van der Waals surface area contributed by atoms with Crippen LogP contribution in [0.2, 0.25) is 0 Å². The largest absolute Gasteiger partial charge is 0.494 e. The van der Waals surface area contributed by atoms with E-state index in [9.17, 15) is 4.79 Å². The number of ether oxygens (including phenoxy) is 1. The summed E-state index contributed by atoms with van der Waals surface area (Å²) in [6, 6.07) is 5.81. The normalized spacial score (nSPS) is 21.8. The SMILES string of the molecule is CC(C)(C)OC(=O)N[C@H](c1nc2ccc(B3OC(C)(C)C(C)(C)O3)cc2[nH]1)C1CCCC1. The second-order valence-corrected chi connectivity index (χ2v) is 11.2. The van der Waals surface area contributed by atoms with E-state index < -0.39 is 30.0 Å². The molecule has 7 nitrogen and oxygen atoms in total. The smallest absolute Gasteiger partial charge is 0.444 e. The minimum absolute atomic E-state index is 0.208. The molecule has 4 rings (SSSR count). The first-order valence-electron chi connectivity index (χ1n) is 11.7. The van der Waals surface area contributed by atoms with Crippen LogP contribution in [0.4, 0.5) is 4.79 Å². The molecule has 2 aliphatic rings. The van der Waals surface area contributed by atoms with Gasteiger partial charge in [0.15, 0.2) is 0 Å². The highest BCUT2D eigenvalue weighted by Crippen LogP contribution is 2.37. The molecule has 32 heavy (non-hydrogen) atoms. The number of aromatic amines is 1.